The lowest BCUT2D eigenvalue weighted by molar-refractivity contribution is -0.116. The Morgan fingerprint density at radius 3 is 2.21 bits per heavy atom. The first-order valence-corrected chi connectivity index (χ1v) is 9.96. The summed E-state index contributed by atoms with van der Waals surface area (Å²) in [5, 5.41) is 2.40. The van der Waals surface area contributed by atoms with Crippen LogP contribution in [0.15, 0.2) is 36.4 Å². The fraction of sp³-hybridized carbons (Fsp3) is 0.400. The van der Waals surface area contributed by atoms with Gasteiger partial charge in [0.2, 0.25) is 9.70 Å². The maximum atomic E-state index is 12.8. The minimum Gasteiger partial charge on any atom is -0.335 e. The number of benzene rings is 1. The van der Waals surface area contributed by atoms with Crippen molar-refractivity contribution >= 4 is 54.4 Å². The van der Waals surface area contributed by atoms with Crippen molar-refractivity contribution in [2.45, 2.75) is 23.4 Å². The van der Waals surface area contributed by atoms with E-state index in [9.17, 15) is 9.36 Å². The molecule has 134 valence electrons. The van der Waals surface area contributed by atoms with Gasteiger partial charge in [-0.2, -0.15) is 0 Å². The summed E-state index contributed by atoms with van der Waals surface area (Å²) < 4.78 is 21.1. The number of rotatable bonds is 8. The molecule has 24 heavy (non-hydrogen) atoms. The molecule has 0 bridgehead atoms. The molecule has 0 heterocycles. The van der Waals surface area contributed by atoms with E-state index in [0.717, 1.165) is 5.56 Å². The molecule has 9 heteroatoms. The van der Waals surface area contributed by atoms with E-state index in [2.05, 4.69) is 5.32 Å². The van der Waals surface area contributed by atoms with E-state index in [0.29, 0.717) is 0 Å². The Hall–Kier alpha value is -0.550. The monoisotopic (exact) mass is 413 g/mol. The molecule has 1 aromatic rings. The molecule has 0 fully saturated rings. The second kappa shape index (κ2) is 9.81. The van der Waals surface area contributed by atoms with E-state index in [4.69, 9.17) is 43.9 Å². The third kappa shape index (κ3) is 6.75. The highest BCUT2D eigenvalue weighted by Crippen LogP contribution is 2.58. The van der Waals surface area contributed by atoms with Crippen molar-refractivity contribution in [3.63, 3.8) is 0 Å². The number of hydrogen-bond acceptors (Lipinski definition) is 4. The molecule has 0 saturated heterocycles. The van der Waals surface area contributed by atoms with Gasteiger partial charge in [0, 0.05) is 6.08 Å². The molecule has 0 aliphatic rings. The van der Waals surface area contributed by atoms with Crippen LogP contribution in [0.2, 0.25) is 0 Å². The van der Waals surface area contributed by atoms with Crippen LogP contribution in [-0.2, 0) is 18.4 Å². The van der Waals surface area contributed by atoms with Crippen molar-refractivity contribution in [3.8, 4) is 0 Å². The van der Waals surface area contributed by atoms with Crippen LogP contribution in [0, 0.1) is 0 Å². The van der Waals surface area contributed by atoms with E-state index in [1.807, 2.05) is 30.3 Å². The summed E-state index contributed by atoms with van der Waals surface area (Å²) in [6.45, 7) is 3.39. The van der Waals surface area contributed by atoms with Gasteiger partial charge in [0.25, 0.3) is 0 Å². The van der Waals surface area contributed by atoms with Gasteiger partial charge in [-0.15, -0.1) is 0 Å². The first kappa shape index (κ1) is 21.5. The average Bonchev–Trinajstić information content (AvgIpc) is 2.51. The van der Waals surface area contributed by atoms with Crippen LogP contribution in [-0.4, -0.2) is 28.7 Å². The highest BCUT2D eigenvalue weighted by Gasteiger charge is 2.49. The Balaban J connectivity index is 2.95. The molecule has 1 atom stereocenters. The number of amides is 1. The predicted octanol–water partition coefficient (Wildman–Crippen LogP) is 4.78. The molecule has 0 aliphatic carbocycles. The van der Waals surface area contributed by atoms with Crippen LogP contribution in [0.3, 0.4) is 0 Å². The summed E-state index contributed by atoms with van der Waals surface area (Å²) in [5.41, 5.74) is 0.816. The van der Waals surface area contributed by atoms with Gasteiger partial charge in [0.05, 0.1) is 13.2 Å². The second-order valence-electron chi connectivity index (χ2n) is 4.57. The lowest BCUT2D eigenvalue weighted by atomic mass is 10.2. The van der Waals surface area contributed by atoms with Crippen molar-refractivity contribution in [1.29, 1.82) is 0 Å². The van der Waals surface area contributed by atoms with Gasteiger partial charge < -0.3 is 14.4 Å². The molecular formula is C15H19Cl3NO4P. The van der Waals surface area contributed by atoms with Gasteiger partial charge in [0.1, 0.15) is 0 Å². The predicted molar refractivity (Wildman–Crippen MR) is 98.6 cm³/mol. The zero-order valence-electron chi connectivity index (χ0n) is 13.2. The summed E-state index contributed by atoms with van der Waals surface area (Å²) in [5.74, 6) is -2.03. The van der Waals surface area contributed by atoms with Gasteiger partial charge in [-0.05, 0) is 25.5 Å². The van der Waals surface area contributed by atoms with Crippen molar-refractivity contribution < 1.29 is 18.4 Å². The summed E-state index contributed by atoms with van der Waals surface area (Å²) in [4.78, 5) is 12.1. The number of halogens is 3. The lowest BCUT2D eigenvalue weighted by Gasteiger charge is -2.31. The maximum absolute atomic E-state index is 12.8. The molecule has 1 rings (SSSR count). The first-order valence-electron chi connectivity index (χ1n) is 7.22. The SMILES string of the molecule is CCOP(=O)(OCC)C(NC(=O)/C=C/c1ccccc1)C(Cl)(Cl)Cl. The van der Waals surface area contributed by atoms with Crippen LogP contribution >= 0.6 is 42.4 Å². The fourth-order valence-corrected chi connectivity index (χ4v) is 4.78. The highest BCUT2D eigenvalue weighted by atomic mass is 35.6. The lowest BCUT2D eigenvalue weighted by Crippen LogP contribution is -2.43. The quantitative estimate of drug-likeness (QED) is 0.378. The largest absolute Gasteiger partial charge is 0.357 e. The number of nitrogens with one attached hydrogen (secondary N) is 1. The molecule has 0 saturated carbocycles. The van der Waals surface area contributed by atoms with Crippen LogP contribution < -0.4 is 5.32 Å². The Labute approximate surface area is 156 Å². The van der Waals surface area contributed by atoms with Crippen LogP contribution in [0.25, 0.3) is 6.08 Å². The molecule has 0 aromatic heterocycles. The highest BCUT2D eigenvalue weighted by molar-refractivity contribution is 7.55. The third-order valence-corrected chi connectivity index (χ3v) is 6.25. The Kier molecular flexibility index (Phi) is 8.78. The first-order chi connectivity index (χ1) is 11.2. The molecule has 0 spiro atoms. The zero-order valence-corrected chi connectivity index (χ0v) is 16.4. The number of carbonyl (C=O) groups is 1. The van der Waals surface area contributed by atoms with Gasteiger partial charge in [-0.3, -0.25) is 9.36 Å². The van der Waals surface area contributed by atoms with E-state index in [1.54, 1.807) is 19.9 Å². The minimum absolute atomic E-state index is 0.0737. The molecule has 1 unspecified atom stereocenters. The smallest absolute Gasteiger partial charge is 0.335 e. The molecule has 1 amide bonds. The van der Waals surface area contributed by atoms with Crippen molar-refractivity contribution in [1.82, 2.24) is 5.32 Å². The van der Waals surface area contributed by atoms with Crippen LogP contribution in [0.1, 0.15) is 19.4 Å². The summed E-state index contributed by atoms with van der Waals surface area (Å²) >= 11 is 17.6. The van der Waals surface area contributed by atoms with Gasteiger partial charge in [-0.25, -0.2) is 0 Å². The molecule has 5 nitrogen and oxygen atoms in total. The van der Waals surface area contributed by atoms with Crippen LogP contribution in [0.5, 0.6) is 0 Å². The normalized spacial score (nSPS) is 13.9. The van der Waals surface area contributed by atoms with E-state index < -0.39 is 23.1 Å². The third-order valence-electron chi connectivity index (χ3n) is 2.75. The molecule has 1 N–H and O–H groups in total. The molecule has 0 radical (unpaired) electrons. The standard InChI is InChI=1S/C15H19Cl3NO4P/c1-3-22-24(21,23-4-2)14(15(16,17)18)19-13(20)11-10-12-8-6-5-7-9-12/h5-11,14H,3-4H2,1-2H3,(H,19,20)/b11-10+. The van der Waals surface area contributed by atoms with E-state index in [-0.39, 0.29) is 13.2 Å². The number of carbonyl (C=O) groups excluding carboxylic acids is 1. The Morgan fingerprint density at radius 1 is 1.21 bits per heavy atom. The Morgan fingerprint density at radius 2 is 1.75 bits per heavy atom. The van der Waals surface area contributed by atoms with Gasteiger partial charge >= 0.3 is 7.60 Å². The van der Waals surface area contributed by atoms with Crippen molar-refractivity contribution in [2.24, 2.45) is 0 Å². The average molecular weight is 415 g/mol. The fourth-order valence-electron chi connectivity index (χ4n) is 1.81. The van der Waals surface area contributed by atoms with E-state index in [1.165, 1.54) is 6.08 Å². The van der Waals surface area contributed by atoms with Crippen molar-refractivity contribution in [2.75, 3.05) is 13.2 Å². The van der Waals surface area contributed by atoms with Crippen LogP contribution in [0.4, 0.5) is 0 Å². The topological polar surface area (TPSA) is 64.6 Å². The number of hydrogen-bond donors (Lipinski definition) is 1. The summed E-state index contributed by atoms with van der Waals surface area (Å²) in [6, 6.07) is 9.17. The number of alkyl halides is 3. The molecule has 0 aliphatic heterocycles. The minimum atomic E-state index is -3.86. The van der Waals surface area contributed by atoms with Crippen molar-refractivity contribution in [3.05, 3.63) is 42.0 Å². The summed E-state index contributed by atoms with van der Waals surface area (Å²) in [6.07, 6.45) is 2.83. The van der Waals surface area contributed by atoms with Gasteiger partial charge in [-0.1, -0.05) is 65.1 Å². The summed E-state index contributed by atoms with van der Waals surface area (Å²) in [7, 11) is -3.86. The second-order valence-corrected chi connectivity index (χ2v) is 9.05. The molecule has 1 aromatic carbocycles. The zero-order chi connectivity index (χ0) is 18.2. The molecular weight excluding hydrogens is 396 g/mol. The van der Waals surface area contributed by atoms with Gasteiger partial charge in [0.15, 0.2) is 5.78 Å². The van der Waals surface area contributed by atoms with E-state index >= 15 is 0 Å². The maximum Gasteiger partial charge on any atom is 0.357 e. The Bertz CT molecular complexity index is 594.